The van der Waals surface area contributed by atoms with Crippen molar-refractivity contribution in [3.05, 3.63) is 65.2 Å². The van der Waals surface area contributed by atoms with Gasteiger partial charge in [0.05, 0.1) is 23.3 Å². The van der Waals surface area contributed by atoms with E-state index >= 15 is 0 Å². The molecule has 0 aromatic heterocycles. The Morgan fingerprint density at radius 3 is 2.96 bits per heavy atom. The Bertz CT molecular complexity index is 777. The molecule has 0 aliphatic carbocycles. The normalized spacial score (nSPS) is 16.2. The summed E-state index contributed by atoms with van der Waals surface area (Å²) in [5, 5.41) is 11.8. The van der Waals surface area contributed by atoms with Gasteiger partial charge in [-0.1, -0.05) is 24.3 Å². The van der Waals surface area contributed by atoms with E-state index in [0.717, 1.165) is 25.0 Å². The minimum absolute atomic E-state index is 0.102. The SMILES string of the molecule is N#Cc1cccc(CNC(=O)c2ccccc2OCC2CCCO2)c1. The van der Waals surface area contributed by atoms with Crippen LogP contribution in [0.4, 0.5) is 0 Å². The number of carbonyl (C=O) groups excluding carboxylic acids is 1. The van der Waals surface area contributed by atoms with E-state index in [2.05, 4.69) is 11.4 Å². The van der Waals surface area contributed by atoms with Crippen LogP contribution in [0.15, 0.2) is 48.5 Å². The number of nitriles is 1. The smallest absolute Gasteiger partial charge is 0.255 e. The van der Waals surface area contributed by atoms with Crippen molar-refractivity contribution in [2.45, 2.75) is 25.5 Å². The number of amides is 1. The summed E-state index contributed by atoms with van der Waals surface area (Å²) in [6.07, 6.45) is 2.14. The summed E-state index contributed by atoms with van der Waals surface area (Å²) in [4.78, 5) is 12.5. The van der Waals surface area contributed by atoms with Crippen LogP contribution in [0.5, 0.6) is 5.75 Å². The van der Waals surface area contributed by atoms with Gasteiger partial charge in [0.25, 0.3) is 5.91 Å². The Labute approximate surface area is 147 Å². The van der Waals surface area contributed by atoms with E-state index < -0.39 is 0 Å². The van der Waals surface area contributed by atoms with Crippen molar-refractivity contribution in [2.75, 3.05) is 13.2 Å². The molecule has 1 amide bonds. The van der Waals surface area contributed by atoms with Gasteiger partial charge in [-0.2, -0.15) is 5.26 Å². The lowest BCUT2D eigenvalue weighted by molar-refractivity contribution is 0.0670. The minimum Gasteiger partial charge on any atom is -0.490 e. The lowest BCUT2D eigenvalue weighted by Gasteiger charge is -2.14. The van der Waals surface area contributed by atoms with E-state index in [1.54, 1.807) is 30.3 Å². The van der Waals surface area contributed by atoms with Gasteiger partial charge in [-0.05, 0) is 42.7 Å². The maximum atomic E-state index is 12.5. The molecule has 3 rings (SSSR count). The fourth-order valence-corrected chi connectivity index (χ4v) is 2.77. The van der Waals surface area contributed by atoms with Gasteiger partial charge in [0, 0.05) is 13.2 Å². The number of hydrogen-bond acceptors (Lipinski definition) is 4. The van der Waals surface area contributed by atoms with E-state index in [1.165, 1.54) is 0 Å². The molecule has 1 aliphatic rings. The minimum atomic E-state index is -0.203. The predicted molar refractivity (Wildman–Crippen MR) is 93.2 cm³/mol. The van der Waals surface area contributed by atoms with Crippen LogP contribution in [0.1, 0.15) is 34.3 Å². The first-order valence-corrected chi connectivity index (χ1v) is 8.37. The van der Waals surface area contributed by atoms with Crippen molar-refractivity contribution in [3.63, 3.8) is 0 Å². The van der Waals surface area contributed by atoms with Crippen molar-refractivity contribution in [1.29, 1.82) is 5.26 Å². The second-order valence-electron chi connectivity index (χ2n) is 5.94. The Morgan fingerprint density at radius 1 is 1.28 bits per heavy atom. The average molecular weight is 336 g/mol. The van der Waals surface area contributed by atoms with Gasteiger partial charge in [0.2, 0.25) is 0 Å². The van der Waals surface area contributed by atoms with Gasteiger partial charge in [-0.25, -0.2) is 0 Å². The van der Waals surface area contributed by atoms with E-state index in [1.807, 2.05) is 18.2 Å². The molecule has 5 heteroatoms. The lowest BCUT2D eigenvalue weighted by Crippen LogP contribution is -2.24. The lowest BCUT2D eigenvalue weighted by atomic mass is 10.1. The van der Waals surface area contributed by atoms with Crippen LogP contribution in [0.3, 0.4) is 0 Å². The van der Waals surface area contributed by atoms with Crippen LogP contribution in [-0.4, -0.2) is 25.2 Å². The second-order valence-corrected chi connectivity index (χ2v) is 5.94. The summed E-state index contributed by atoms with van der Waals surface area (Å²) in [5.41, 5.74) is 1.95. The molecular formula is C20H20N2O3. The number of nitrogens with zero attached hydrogens (tertiary/aromatic N) is 1. The van der Waals surface area contributed by atoms with Crippen LogP contribution < -0.4 is 10.1 Å². The van der Waals surface area contributed by atoms with Crippen LogP contribution in [0.2, 0.25) is 0 Å². The molecular weight excluding hydrogens is 316 g/mol. The summed E-state index contributed by atoms with van der Waals surface area (Å²) in [5.74, 6) is 0.353. The van der Waals surface area contributed by atoms with Crippen molar-refractivity contribution in [3.8, 4) is 11.8 Å². The third-order valence-electron chi connectivity index (χ3n) is 4.09. The molecule has 0 saturated carbocycles. The van der Waals surface area contributed by atoms with E-state index in [4.69, 9.17) is 14.7 Å². The molecule has 1 saturated heterocycles. The van der Waals surface area contributed by atoms with E-state index in [9.17, 15) is 4.79 Å². The van der Waals surface area contributed by atoms with Gasteiger partial charge in [-0.15, -0.1) is 0 Å². The molecule has 1 atom stereocenters. The second kappa shape index (κ2) is 8.32. The van der Waals surface area contributed by atoms with Gasteiger partial charge in [-0.3, -0.25) is 4.79 Å². The number of nitrogens with one attached hydrogen (secondary N) is 1. The van der Waals surface area contributed by atoms with Crippen molar-refractivity contribution >= 4 is 5.91 Å². The first-order chi connectivity index (χ1) is 12.3. The highest BCUT2D eigenvalue weighted by molar-refractivity contribution is 5.96. The summed E-state index contributed by atoms with van der Waals surface area (Å²) in [6.45, 7) is 1.58. The maximum Gasteiger partial charge on any atom is 0.255 e. The first-order valence-electron chi connectivity index (χ1n) is 8.37. The molecule has 0 spiro atoms. The molecule has 128 valence electrons. The summed E-state index contributed by atoms with van der Waals surface area (Å²) < 4.78 is 11.4. The summed E-state index contributed by atoms with van der Waals surface area (Å²) >= 11 is 0. The van der Waals surface area contributed by atoms with Gasteiger partial charge in [0.15, 0.2) is 0 Å². The molecule has 1 fully saturated rings. The van der Waals surface area contributed by atoms with Gasteiger partial charge >= 0.3 is 0 Å². The summed E-state index contributed by atoms with van der Waals surface area (Å²) in [6, 6.07) is 16.5. The highest BCUT2D eigenvalue weighted by Gasteiger charge is 2.18. The molecule has 1 heterocycles. The summed E-state index contributed by atoms with van der Waals surface area (Å²) in [7, 11) is 0. The molecule has 5 nitrogen and oxygen atoms in total. The van der Waals surface area contributed by atoms with Crippen LogP contribution in [0, 0.1) is 11.3 Å². The van der Waals surface area contributed by atoms with Crippen LogP contribution in [0.25, 0.3) is 0 Å². The number of rotatable bonds is 6. The molecule has 1 aliphatic heterocycles. The maximum absolute atomic E-state index is 12.5. The molecule has 2 aromatic rings. The third kappa shape index (κ3) is 4.59. The Morgan fingerprint density at radius 2 is 2.16 bits per heavy atom. The number of hydrogen-bond donors (Lipinski definition) is 1. The molecule has 1 N–H and O–H groups in total. The van der Waals surface area contributed by atoms with Crippen molar-refractivity contribution in [1.82, 2.24) is 5.32 Å². The first kappa shape index (κ1) is 17.0. The number of para-hydroxylation sites is 1. The Balaban J connectivity index is 1.62. The zero-order valence-corrected chi connectivity index (χ0v) is 13.9. The van der Waals surface area contributed by atoms with Crippen LogP contribution >= 0.6 is 0 Å². The standard InChI is InChI=1S/C20H20N2O3/c21-12-15-5-3-6-16(11-15)13-22-20(23)18-8-1-2-9-19(18)25-14-17-7-4-10-24-17/h1-3,5-6,8-9,11,17H,4,7,10,13-14H2,(H,22,23). The monoisotopic (exact) mass is 336 g/mol. The third-order valence-corrected chi connectivity index (χ3v) is 4.09. The number of ether oxygens (including phenoxy) is 2. The fourth-order valence-electron chi connectivity index (χ4n) is 2.77. The zero-order valence-electron chi connectivity index (χ0n) is 13.9. The molecule has 0 bridgehead atoms. The topological polar surface area (TPSA) is 71.4 Å². The van der Waals surface area contributed by atoms with Gasteiger partial charge < -0.3 is 14.8 Å². The highest BCUT2D eigenvalue weighted by Crippen LogP contribution is 2.20. The molecule has 0 radical (unpaired) electrons. The average Bonchev–Trinajstić information content (AvgIpc) is 3.18. The van der Waals surface area contributed by atoms with Crippen LogP contribution in [-0.2, 0) is 11.3 Å². The van der Waals surface area contributed by atoms with E-state index in [-0.39, 0.29) is 12.0 Å². The number of carbonyl (C=O) groups is 1. The molecule has 1 unspecified atom stereocenters. The highest BCUT2D eigenvalue weighted by atomic mass is 16.5. The zero-order chi connectivity index (χ0) is 17.5. The Hall–Kier alpha value is -2.84. The largest absolute Gasteiger partial charge is 0.490 e. The van der Waals surface area contributed by atoms with Gasteiger partial charge in [0.1, 0.15) is 12.4 Å². The predicted octanol–water partition coefficient (Wildman–Crippen LogP) is 3.05. The number of benzene rings is 2. The quantitative estimate of drug-likeness (QED) is 0.880. The van der Waals surface area contributed by atoms with Crippen molar-refractivity contribution in [2.24, 2.45) is 0 Å². The molecule has 2 aromatic carbocycles. The Kier molecular flexibility index (Phi) is 5.65. The van der Waals surface area contributed by atoms with E-state index in [0.29, 0.717) is 30.0 Å². The van der Waals surface area contributed by atoms with Crippen molar-refractivity contribution < 1.29 is 14.3 Å². The molecule has 25 heavy (non-hydrogen) atoms. The fraction of sp³-hybridized carbons (Fsp3) is 0.300.